The van der Waals surface area contributed by atoms with Crippen LogP contribution in [-0.2, 0) is 4.79 Å². The molecule has 3 heterocycles. The quantitative estimate of drug-likeness (QED) is 0.704. The van der Waals surface area contributed by atoms with Crippen LogP contribution in [0.25, 0.3) is 10.9 Å². The lowest BCUT2D eigenvalue weighted by Gasteiger charge is -2.38. The number of carbonyl (C=O) groups excluding carboxylic acids is 3. The molecule has 7 nitrogen and oxygen atoms in total. The molecule has 1 atom stereocenters. The Hall–Kier alpha value is -2.54. The molecular weight excluding hydrogens is 356 g/mol. The van der Waals surface area contributed by atoms with Gasteiger partial charge < -0.3 is 15.2 Å². The number of fused-ring (bicyclic) bond motifs is 1. The Kier molecular flexibility index (Phi) is 3.91. The third-order valence-corrected chi connectivity index (χ3v) is 5.92. The fraction of sp³-hybridized carbons (Fsp3) is 0.389. The number of aromatic nitrogens is 1. The third kappa shape index (κ3) is 2.54. The summed E-state index contributed by atoms with van der Waals surface area (Å²) in [4.78, 5) is 41.3. The van der Waals surface area contributed by atoms with Gasteiger partial charge in [-0.3, -0.25) is 14.9 Å². The van der Waals surface area contributed by atoms with Crippen molar-refractivity contribution in [2.45, 2.75) is 25.3 Å². The number of para-hydroxylation sites is 1. The minimum atomic E-state index is -0.912. The molecule has 2 fully saturated rings. The van der Waals surface area contributed by atoms with E-state index in [1.54, 1.807) is 11.8 Å². The number of aromatic amines is 1. The number of nitrogens with zero attached hydrogens (tertiary/aromatic N) is 1. The van der Waals surface area contributed by atoms with E-state index >= 15 is 0 Å². The van der Waals surface area contributed by atoms with Gasteiger partial charge >= 0.3 is 6.03 Å². The lowest BCUT2D eigenvalue weighted by molar-refractivity contribution is -0.125. The monoisotopic (exact) mass is 374 g/mol. The van der Waals surface area contributed by atoms with E-state index in [-0.39, 0.29) is 17.7 Å². The molecule has 136 valence electrons. The lowest BCUT2D eigenvalue weighted by Crippen LogP contribution is -2.54. The number of imide groups is 1. The molecule has 0 aliphatic carbocycles. The third-order valence-electron chi connectivity index (χ3n) is 5.53. The largest absolute Gasteiger partial charge is 0.349 e. The highest BCUT2D eigenvalue weighted by molar-refractivity contribution is 6.38. The van der Waals surface area contributed by atoms with Gasteiger partial charge in [-0.2, -0.15) is 0 Å². The molecule has 1 aromatic heterocycles. The van der Waals surface area contributed by atoms with Crippen LogP contribution in [0.3, 0.4) is 0 Å². The van der Waals surface area contributed by atoms with Crippen molar-refractivity contribution < 1.29 is 14.4 Å². The van der Waals surface area contributed by atoms with Crippen LogP contribution in [0.2, 0.25) is 5.02 Å². The van der Waals surface area contributed by atoms with Crippen LogP contribution in [0.15, 0.2) is 24.3 Å². The number of hydrogen-bond acceptors (Lipinski definition) is 3. The Morgan fingerprint density at radius 2 is 1.92 bits per heavy atom. The minimum absolute atomic E-state index is 0.0174. The van der Waals surface area contributed by atoms with E-state index in [0.717, 1.165) is 10.9 Å². The Bertz CT molecular complexity index is 916. The van der Waals surface area contributed by atoms with Gasteiger partial charge in [0, 0.05) is 24.0 Å². The van der Waals surface area contributed by atoms with Gasteiger partial charge in [-0.15, -0.1) is 0 Å². The number of benzene rings is 1. The van der Waals surface area contributed by atoms with Crippen LogP contribution in [0, 0.1) is 5.92 Å². The van der Waals surface area contributed by atoms with Crippen molar-refractivity contribution in [2.24, 2.45) is 5.92 Å². The molecule has 0 saturated carbocycles. The maximum absolute atomic E-state index is 12.9. The molecule has 3 N–H and O–H groups in total. The second-order valence-corrected chi connectivity index (χ2v) is 7.41. The highest BCUT2D eigenvalue weighted by Crippen LogP contribution is 2.33. The summed E-state index contributed by atoms with van der Waals surface area (Å²) in [5.41, 5.74) is 0.309. The molecule has 0 spiro atoms. The SMILES string of the molecule is CC1(C2CCN(C(=O)c3[nH]c4ccccc4c3Cl)CC2)NC(=O)NC1=O. The van der Waals surface area contributed by atoms with Crippen molar-refractivity contribution in [1.29, 1.82) is 0 Å². The molecule has 2 aliphatic rings. The average molecular weight is 375 g/mol. The van der Waals surface area contributed by atoms with E-state index in [0.29, 0.717) is 36.6 Å². The number of H-pyrrole nitrogens is 1. The van der Waals surface area contributed by atoms with Crippen molar-refractivity contribution >= 4 is 40.3 Å². The van der Waals surface area contributed by atoms with Gasteiger partial charge in [0.1, 0.15) is 11.2 Å². The summed E-state index contributed by atoms with van der Waals surface area (Å²) >= 11 is 6.38. The topological polar surface area (TPSA) is 94.3 Å². The molecule has 2 aliphatic heterocycles. The molecule has 0 radical (unpaired) electrons. The zero-order valence-corrected chi connectivity index (χ0v) is 15.0. The van der Waals surface area contributed by atoms with Gasteiger partial charge in [-0.25, -0.2) is 4.79 Å². The molecule has 2 saturated heterocycles. The first-order valence-electron chi connectivity index (χ1n) is 8.59. The summed E-state index contributed by atoms with van der Waals surface area (Å²) in [5.74, 6) is -0.461. The van der Waals surface area contributed by atoms with Gasteiger partial charge in [0.2, 0.25) is 0 Å². The Labute approximate surface area is 155 Å². The second kappa shape index (κ2) is 6.02. The van der Waals surface area contributed by atoms with E-state index in [2.05, 4.69) is 15.6 Å². The summed E-state index contributed by atoms with van der Waals surface area (Å²) in [6.45, 7) is 2.76. The second-order valence-electron chi connectivity index (χ2n) is 7.04. The fourth-order valence-corrected chi connectivity index (χ4v) is 4.21. The van der Waals surface area contributed by atoms with Crippen molar-refractivity contribution in [3.63, 3.8) is 0 Å². The van der Waals surface area contributed by atoms with Crippen LogP contribution in [0.5, 0.6) is 0 Å². The number of piperidine rings is 1. The van der Waals surface area contributed by atoms with E-state index in [4.69, 9.17) is 11.6 Å². The molecule has 4 amide bonds. The molecular formula is C18H19ClN4O3. The number of rotatable bonds is 2. The van der Waals surface area contributed by atoms with Crippen molar-refractivity contribution in [2.75, 3.05) is 13.1 Å². The van der Waals surface area contributed by atoms with E-state index < -0.39 is 11.6 Å². The number of nitrogens with one attached hydrogen (secondary N) is 3. The Morgan fingerprint density at radius 3 is 2.54 bits per heavy atom. The summed E-state index contributed by atoms with van der Waals surface area (Å²) < 4.78 is 0. The van der Waals surface area contributed by atoms with Crippen molar-refractivity contribution in [3.05, 3.63) is 35.0 Å². The van der Waals surface area contributed by atoms with Gasteiger partial charge in [0.05, 0.1) is 5.02 Å². The zero-order chi connectivity index (χ0) is 18.5. The molecule has 26 heavy (non-hydrogen) atoms. The van der Waals surface area contributed by atoms with E-state index in [1.807, 2.05) is 24.3 Å². The first kappa shape index (κ1) is 16.9. The standard InChI is InChI=1S/C18H19ClN4O3/c1-18(16(25)21-17(26)22-18)10-6-8-23(9-7-10)15(24)14-13(19)11-4-2-3-5-12(11)20-14/h2-5,10,20H,6-9H2,1H3,(H2,21,22,25,26). The first-order valence-corrected chi connectivity index (χ1v) is 8.97. The molecule has 0 bridgehead atoms. The molecule has 2 aromatic rings. The van der Waals surface area contributed by atoms with E-state index in [9.17, 15) is 14.4 Å². The number of amides is 4. The summed E-state index contributed by atoms with van der Waals surface area (Å²) in [7, 11) is 0. The van der Waals surface area contributed by atoms with Crippen LogP contribution in [-0.4, -0.2) is 46.4 Å². The van der Waals surface area contributed by atoms with E-state index in [1.165, 1.54) is 0 Å². The number of carbonyl (C=O) groups is 3. The average Bonchev–Trinajstić information content (AvgIpc) is 3.11. The molecule has 8 heteroatoms. The highest BCUT2D eigenvalue weighted by atomic mass is 35.5. The molecule has 1 unspecified atom stereocenters. The maximum Gasteiger partial charge on any atom is 0.322 e. The number of urea groups is 1. The van der Waals surface area contributed by atoms with Crippen LogP contribution >= 0.6 is 11.6 Å². The molecule has 1 aromatic carbocycles. The number of likely N-dealkylation sites (tertiary alicyclic amines) is 1. The summed E-state index contributed by atoms with van der Waals surface area (Å²) in [6, 6.07) is 7.06. The van der Waals surface area contributed by atoms with Gasteiger partial charge in [-0.05, 0) is 31.7 Å². The minimum Gasteiger partial charge on any atom is -0.349 e. The fourth-order valence-electron chi connectivity index (χ4n) is 3.92. The number of hydrogen-bond donors (Lipinski definition) is 3. The highest BCUT2D eigenvalue weighted by Gasteiger charge is 2.48. The zero-order valence-electron chi connectivity index (χ0n) is 14.3. The normalized spacial score (nSPS) is 24.0. The van der Waals surface area contributed by atoms with Crippen LogP contribution < -0.4 is 10.6 Å². The number of halogens is 1. The van der Waals surface area contributed by atoms with Crippen LogP contribution in [0.1, 0.15) is 30.3 Å². The Balaban J connectivity index is 1.49. The van der Waals surface area contributed by atoms with Gasteiger partial charge in [0.15, 0.2) is 0 Å². The summed E-state index contributed by atoms with van der Waals surface area (Å²) in [6.07, 6.45) is 1.27. The summed E-state index contributed by atoms with van der Waals surface area (Å²) in [5, 5.41) is 6.27. The van der Waals surface area contributed by atoms with Crippen molar-refractivity contribution in [1.82, 2.24) is 20.5 Å². The first-order chi connectivity index (χ1) is 12.4. The predicted molar refractivity (Wildman–Crippen MR) is 97.0 cm³/mol. The van der Waals surface area contributed by atoms with Gasteiger partial charge in [-0.1, -0.05) is 29.8 Å². The predicted octanol–water partition coefficient (Wildman–Crippen LogP) is 2.27. The Morgan fingerprint density at radius 1 is 1.23 bits per heavy atom. The van der Waals surface area contributed by atoms with Crippen molar-refractivity contribution in [3.8, 4) is 0 Å². The lowest BCUT2D eigenvalue weighted by atomic mass is 9.79. The molecule has 4 rings (SSSR count). The van der Waals surface area contributed by atoms with Gasteiger partial charge in [0.25, 0.3) is 11.8 Å². The van der Waals surface area contributed by atoms with Crippen LogP contribution in [0.4, 0.5) is 4.79 Å². The maximum atomic E-state index is 12.9. The smallest absolute Gasteiger partial charge is 0.322 e.